The van der Waals surface area contributed by atoms with E-state index in [1.54, 1.807) is 0 Å². The van der Waals surface area contributed by atoms with Gasteiger partial charge >= 0.3 is 0 Å². The quantitative estimate of drug-likeness (QED) is 0.766. The third kappa shape index (κ3) is 3.69. The van der Waals surface area contributed by atoms with Crippen molar-refractivity contribution in [3.05, 3.63) is 53.7 Å². The molecule has 2 aromatic rings. The van der Waals surface area contributed by atoms with Gasteiger partial charge in [-0.1, -0.05) is 30.3 Å². The molecule has 1 aromatic heterocycles. The van der Waals surface area contributed by atoms with Crippen LogP contribution >= 0.6 is 0 Å². The lowest BCUT2D eigenvalue weighted by atomic mass is 10.1. The third-order valence-electron chi connectivity index (χ3n) is 3.02. The van der Waals surface area contributed by atoms with Gasteiger partial charge in [0.15, 0.2) is 0 Å². The van der Waals surface area contributed by atoms with Crippen molar-refractivity contribution in [3.8, 4) is 0 Å². The molecule has 1 aromatic carbocycles. The van der Waals surface area contributed by atoms with Crippen LogP contribution in [0, 0.1) is 6.92 Å². The fourth-order valence-corrected chi connectivity index (χ4v) is 1.92. The van der Waals surface area contributed by atoms with Crippen molar-refractivity contribution >= 4 is 11.5 Å². The number of nitrogens with zero attached hydrogens (tertiary/aromatic N) is 1. The number of aliphatic hydroxyl groups excluding tert-OH is 1. The molecule has 4 heteroatoms. The van der Waals surface area contributed by atoms with Crippen LogP contribution in [0.25, 0.3) is 0 Å². The number of hydrogen-bond acceptors (Lipinski definition) is 4. The first-order valence-electron chi connectivity index (χ1n) is 6.33. The number of benzene rings is 1. The summed E-state index contributed by atoms with van der Waals surface area (Å²) in [6.07, 6.45) is 0.752. The molecule has 0 radical (unpaired) electrons. The first-order chi connectivity index (χ1) is 9.19. The maximum atomic E-state index is 9.46. The molecular formula is C15H19N3O. The van der Waals surface area contributed by atoms with E-state index in [2.05, 4.69) is 10.3 Å². The number of aliphatic hydroxyl groups is 1. The standard InChI is InChI=1S/C15H19N3O/c1-11-14(16)7-8-15(17-11)18-13(10-19)9-12-5-3-2-4-6-12/h2-8,13,19H,9-10,16H2,1H3,(H,17,18). The maximum absolute atomic E-state index is 9.46. The molecule has 0 amide bonds. The van der Waals surface area contributed by atoms with Crippen molar-refractivity contribution in [2.24, 2.45) is 0 Å². The Kier molecular flexibility index (Phi) is 4.36. The van der Waals surface area contributed by atoms with Gasteiger partial charge in [0, 0.05) is 0 Å². The molecule has 0 aliphatic carbocycles. The molecule has 4 nitrogen and oxygen atoms in total. The zero-order valence-electron chi connectivity index (χ0n) is 11.0. The number of rotatable bonds is 5. The lowest BCUT2D eigenvalue weighted by Gasteiger charge is -2.17. The van der Waals surface area contributed by atoms with E-state index >= 15 is 0 Å². The molecule has 4 N–H and O–H groups in total. The predicted octanol–water partition coefficient (Wildman–Crippen LogP) is 1.99. The zero-order chi connectivity index (χ0) is 13.7. The molecule has 2 rings (SSSR count). The molecule has 0 saturated carbocycles. The van der Waals surface area contributed by atoms with E-state index in [9.17, 15) is 5.11 Å². The summed E-state index contributed by atoms with van der Waals surface area (Å²) in [5, 5.41) is 12.7. The summed E-state index contributed by atoms with van der Waals surface area (Å²) in [6, 6.07) is 13.7. The van der Waals surface area contributed by atoms with Crippen molar-refractivity contribution < 1.29 is 5.11 Å². The van der Waals surface area contributed by atoms with Crippen molar-refractivity contribution in [1.82, 2.24) is 4.98 Å². The van der Waals surface area contributed by atoms with E-state index in [0.717, 1.165) is 17.9 Å². The molecule has 0 aliphatic heterocycles. The predicted molar refractivity (Wildman–Crippen MR) is 78.0 cm³/mol. The summed E-state index contributed by atoms with van der Waals surface area (Å²) in [6.45, 7) is 1.92. The van der Waals surface area contributed by atoms with E-state index in [0.29, 0.717) is 5.69 Å². The van der Waals surface area contributed by atoms with Crippen molar-refractivity contribution in [2.75, 3.05) is 17.7 Å². The minimum absolute atomic E-state index is 0.0556. The summed E-state index contributed by atoms with van der Waals surface area (Å²) in [7, 11) is 0. The normalized spacial score (nSPS) is 12.1. The van der Waals surface area contributed by atoms with Crippen LogP contribution in [-0.4, -0.2) is 22.7 Å². The van der Waals surface area contributed by atoms with E-state index < -0.39 is 0 Å². The minimum atomic E-state index is -0.0575. The van der Waals surface area contributed by atoms with Crippen LogP contribution in [0.2, 0.25) is 0 Å². The fraction of sp³-hybridized carbons (Fsp3) is 0.267. The molecule has 1 atom stereocenters. The number of nitrogen functional groups attached to an aromatic ring is 1. The second-order valence-corrected chi connectivity index (χ2v) is 4.58. The van der Waals surface area contributed by atoms with E-state index in [1.807, 2.05) is 49.4 Å². The zero-order valence-corrected chi connectivity index (χ0v) is 11.0. The first kappa shape index (κ1) is 13.4. The van der Waals surface area contributed by atoms with Crippen molar-refractivity contribution in [3.63, 3.8) is 0 Å². The van der Waals surface area contributed by atoms with Crippen LogP contribution in [-0.2, 0) is 6.42 Å². The number of aryl methyl sites for hydroxylation is 1. The van der Waals surface area contributed by atoms with Gasteiger partial charge in [-0.25, -0.2) is 4.98 Å². The Labute approximate surface area is 113 Å². The van der Waals surface area contributed by atoms with Crippen LogP contribution in [0.4, 0.5) is 11.5 Å². The summed E-state index contributed by atoms with van der Waals surface area (Å²) in [5.74, 6) is 0.738. The van der Waals surface area contributed by atoms with Gasteiger partial charge in [-0.2, -0.15) is 0 Å². The Morgan fingerprint density at radius 3 is 2.58 bits per heavy atom. The van der Waals surface area contributed by atoms with Gasteiger partial charge in [-0.3, -0.25) is 0 Å². The molecule has 0 fully saturated rings. The highest BCUT2D eigenvalue weighted by Crippen LogP contribution is 2.14. The summed E-state index contributed by atoms with van der Waals surface area (Å²) >= 11 is 0. The maximum Gasteiger partial charge on any atom is 0.126 e. The molecule has 19 heavy (non-hydrogen) atoms. The summed E-state index contributed by atoms with van der Waals surface area (Å²) < 4.78 is 0. The molecule has 0 saturated heterocycles. The minimum Gasteiger partial charge on any atom is -0.397 e. The van der Waals surface area contributed by atoms with Gasteiger partial charge in [-0.15, -0.1) is 0 Å². The number of nitrogens with one attached hydrogen (secondary N) is 1. The summed E-state index contributed by atoms with van der Waals surface area (Å²) in [5.41, 5.74) is 8.39. The van der Waals surface area contributed by atoms with Crippen molar-refractivity contribution in [1.29, 1.82) is 0 Å². The van der Waals surface area contributed by atoms with Gasteiger partial charge in [-0.05, 0) is 31.0 Å². The number of nitrogens with two attached hydrogens (primary N) is 1. The smallest absolute Gasteiger partial charge is 0.126 e. The van der Waals surface area contributed by atoms with Gasteiger partial charge in [0.1, 0.15) is 5.82 Å². The molecule has 1 heterocycles. The van der Waals surface area contributed by atoms with Crippen LogP contribution in [0.3, 0.4) is 0 Å². The molecule has 100 valence electrons. The monoisotopic (exact) mass is 257 g/mol. The topological polar surface area (TPSA) is 71.2 Å². The van der Waals surface area contributed by atoms with Crippen LogP contribution < -0.4 is 11.1 Å². The van der Waals surface area contributed by atoms with Gasteiger partial charge in [0.05, 0.1) is 24.0 Å². The fourth-order valence-electron chi connectivity index (χ4n) is 1.92. The molecule has 1 unspecified atom stereocenters. The van der Waals surface area contributed by atoms with Crippen LogP contribution in [0.5, 0.6) is 0 Å². The third-order valence-corrected chi connectivity index (χ3v) is 3.02. The average Bonchev–Trinajstić information content (AvgIpc) is 2.43. The number of hydrogen-bond donors (Lipinski definition) is 3. The van der Waals surface area contributed by atoms with E-state index in [-0.39, 0.29) is 12.6 Å². The Balaban J connectivity index is 2.04. The molecule has 0 aliphatic rings. The second kappa shape index (κ2) is 6.20. The average molecular weight is 257 g/mol. The number of aromatic nitrogens is 1. The van der Waals surface area contributed by atoms with Gasteiger partial charge < -0.3 is 16.2 Å². The Morgan fingerprint density at radius 2 is 1.95 bits per heavy atom. The highest BCUT2D eigenvalue weighted by Gasteiger charge is 2.09. The highest BCUT2D eigenvalue weighted by molar-refractivity contribution is 5.49. The van der Waals surface area contributed by atoms with Crippen molar-refractivity contribution in [2.45, 2.75) is 19.4 Å². The largest absolute Gasteiger partial charge is 0.397 e. The summed E-state index contributed by atoms with van der Waals surface area (Å²) in [4.78, 5) is 4.35. The Morgan fingerprint density at radius 1 is 1.21 bits per heavy atom. The SMILES string of the molecule is Cc1nc(NC(CO)Cc2ccccc2)ccc1N. The highest BCUT2D eigenvalue weighted by atomic mass is 16.3. The lowest BCUT2D eigenvalue weighted by molar-refractivity contribution is 0.273. The number of pyridine rings is 1. The Bertz CT molecular complexity index is 528. The molecule has 0 spiro atoms. The van der Waals surface area contributed by atoms with Crippen LogP contribution in [0.1, 0.15) is 11.3 Å². The van der Waals surface area contributed by atoms with Gasteiger partial charge in [0.2, 0.25) is 0 Å². The number of anilines is 2. The van der Waals surface area contributed by atoms with E-state index in [1.165, 1.54) is 5.56 Å². The second-order valence-electron chi connectivity index (χ2n) is 4.58. The molecular weight excluding hydrogens is 238 g/mol. The first-order valence-corrected chi connectivity index (χ1v) is 6.33. The van der Waals surface area contributed by atoms with Gasteiger partial charge in [0.25, 0.3) is 0 Å². The van der Waals surface area contributed by atoms with E-state index in [4.69, 9.17) is 5.73 Å². The Hall–Kier alpha value is -2.07. The lowest BCUT2D eigenvalue weighted by Crippen LogP contribution is -2.27. The molecule has 0 bridgehead atoms. The van der Waals surface area contributed by atoms with Crippen LogP contribution in [0.15, 0.2) is 42.5 Å².